The van der Waals surface area contributed by atoms with Crippen LogP contribution in [-0.4, -0.2) is 28.4 Å². The van der Waals surface area contributed by atoms with Crippen LogP contribution in [0.25, 0.3) is 10.6 Å². The predicted molar refractivity (Wildman–Crippen MR) is 75.6 cm³/mol. The van der Waals surface area contributed by atoms with Crippen molar-refractivity contribution in [1.29, 1.82) is 0 Å². The van der Waals surface area contributed by atoms with Gasteiger partial charge in [0.1, 0.15) is 18.3 Å². The lowest BCUT2D eigenvalue weighted by atomic mass is 10.3. The molecule has 0 aliphatic rings. The van der Waals surface area contributed by atoms with Crippen molar-refractivity contribution in [2.45, 2.75) is 19.1 Å². The number of rotatable bonds is 4. The molecule has 0 spiro atoms. The van der Waals surface area contributed by atoms with E-state index in [0.29, 0.717) is 5.69 Å². The van der Waals surface area contributed by atoms with Gasteiger partial charge in [0.2, 0.25) is 5.91 Å². The van der Waals surface area contributed by atoms with Gasteiger partial charge >= 0.3 is 6.18 Å². The number of carbonyl (C=O) groups excluding carboxylic acids is 1. The molecule has 2 aromatic heterocycles. The van der Waals surface area contributed by atoms with Crippen molar-refractivity contribution in [2.75, 3.05) is 6.54 Å². The first-order valence-corrected chi connectivity index (χ1v) is 7.14. The Bertz CT molecular complexity index is 710. The minimum Gasteiger partial charge on any atom is -0.345 e. The Morgan fingerprint density at radius 1 is 1.41 bits per heavy atom. The van der Waals surface area contributed by atoms with Gasteiger partial charge < -0.3 is 5.32 Å². The zero-order valence-electron chi connectivity index (χ0n) is 11.4. The summed E-state index contributed by atoms with van der Waals surface area (Å²) in [4.78, 5) is 24.3. The van der Waals surface area contributed by atoms with Crippen molar-refractivity contribution in [3.8, 4) is 10.6 Å². The summed E-state index contributed by atoms with van der Waals surface area (Å²) in [5.74, 6) is -0.921. The van der Waals surface area contributed by atoms with Gasteiger partial charge in [-0.3, -0.25) is 9.59 Å². The fourth-order valence-electron chi connectivity index (χ4n) is 1.70. The Morgan fingerprint density at radius 2 is 2.14 bits per heavy atom. The van der Waals surface area contributed by atoms with Gasteiger partial charge in [-0.05, 0) is 24.4 Å². The summed E-state index contributed by atoms with van der Waals surface area (Å²) in [6.07, 6.45) is -4.51. The maximum absolute atomic E-state index is 12.1. The van der Waals surface area contributed by atoms with Crippen LogP contribution in [0.5, 0.6) is 0 Å². The van der Waals surface area contributed by atoms with Gasteiger partial charge in [0.05, 0.1) is 4.88 Å². The lowest BCUT2D eigenvalue weighted by Gasteiger charge is -2.15. The SMILES string of the molecule is CC(C(=O)NCC(F)(F)F)n1nc(-c2cccs2)ccc1=O. The average molecular weight is 331 g/mol. The molecule has 0 saturated carbocycles. The number of alkyl halides is 3. The van der Waals surface area contributed by atoms with E-state index in [1.165, 1.54) is 30.4 Å². The number of carbonyl (C=O) groups is 1. The molecule has 0 bridgehead atoms. The molecule has 2 heterocycles. The van der Waals surface area contributed by atoms with Crippen molar-refractivity contribution in [3.05, 3.63) is 40.0 Å². The van der Waals surface area contributed by atoms with E-state index >= 15 is 0 Å². The summed E-state index contributed by atoms with van der Waals surface area (Å²) in [6.45, 7) is -0.131. The molecule has 9 heteroatoms. The highest BCUT2D eigenvalue weighted by Gasteiger charge is 2.29. The van der Waals surface area contributed by atoms with Crippen LogP contribution in [-0.2, 0) is 4.79 Å². The fraction of sp³-hybridized carbons (Fsp3) is 0.308. The normalized spacial score (nSPS) is 12.9. The van der Waals surface area contributed by atoms with E-state index in [1.54, 1.807) is 17.4 Å². The van der Waals surface area contributed by atoms with E-state index in [2.05, 4.69) is 5.10 Å². The second kappa shape index (κ2) is 6.30. The first-order chi connectivity index (χ1) is 10.3. The smallest absolute Gasteiger partial charge is 0.345 e. The van der Waals surface area contributed by atoms with E-state index in [0.717, 1.165) is 9.56 Å². The molecule has 1 N–H and O–H groups in total. The number of nitrogens with one attached hydrogen (secondary N) is 1. The van der Waals surface area contributed by atoms with Gasteiger partial charge in [-0.15, -0.1) is 11.3 Å². The van der Waals surface area contributed by atoms with E-state index < -0.39 is 30.2 Å². The fourth-order valence-corrected chi connectivity index (χ4v) is 2.40. The third-order valence-electron chi connectivity index (χ3n) is 2.81. The summed E-state index contributed by atoms with van der Waals surface area (Å²) in [5, 5.41) is 7.62. The van der Waals surface area contributed by atoms with E-state index in [4.69, 9.17) is 0 Å². The highest BCUT2D eigenvalue weighted by Crippen LogP contribution is 2.21. The van der Waals surface area contributed by atoms with Crippen molar-refractivity contribution in [1.82, 2.24) is 15.1 Å². The molecule has 0 aromatic carbocycles. The molecule has 2 aromatic rings. The lowest BCUT2D eigenvalue weighted by Crippen LogP contribution is -2.40. The zero-order valence-corrected chi connectivity index (χ0v) is 12.2. The second-order valence-electron chi connectivity index (χ2n) is 4.49. The van der Waals surface area contributed by atoms with Crippen LogP contribution in [0.2, 0.25) is 0 Å². The number of nitrogens with zero attached hydrogens (tertiary/aromatic N) is 2. The monoisotopic (exact) mass is 331 g/mol. The van der Waals surface area contributed by atoms with Crippen LogP contribution in [0.15, 0.2) is 34.4 Å². The van der Waals surface area contributed by atoms with Gasteiger partial charge in [-0.1, -0.05) is 6.07 Å². The van der Waals surface area contributed by atoms with Crippen molar-refractivity contribution < 1.29 is 18.0 Å². The molecule has 0 saturated heterocycles. The van der Waals surface area contributed by atoms with Crippen LogP contribution in [0.4, 0.5) is 13.2 Å². The molecular formula is C13H12F3N3O2S. The highest BCUT2D eigenvalue weighted by molar-refractivity contribution is 7.13. The Kier molecular flexibility index (Phi) is 4.65. The molecule has 5 nitrogen and oxygen atoms in total. The van der Waals surface area contributed by atoms with E-state index in [1.807, 2.05) is 5.38 Å². The highest BCUT2D eigenvalue weighted by atomic mass is 32.1. The molecule has 0 radical (unpaired) electrons. The van der Waals surface area contributed by atoms with Crippen LogP contribution >= 0.6 is 11.3 Å². The molecule has 0 aliphatic heterocycles. The Hall–Kier alpha value is -2.16. The van der Waals surface area contributed by atoms with Gasteiger partial charge in [0.15, 0.2) is 0 Å². The second-order valence-corrected chi connectivity index (χ2v) is 5.44. The number of aromatic nitrogens is 2. The van der Waals surface area contributed by atoms with Crippen LogP contribution in [0.3, 0.4) is 0 Å². The van der Waals surface area contributed by atoms with Crippen LogP contribution < -0.4 is 10.9 Å². The third kappa shape index (κ3) is 3.94. The predicted octanol–water partition coefficient (Wildman–Crippen LogP) is 2.21. The standard InChI is InChI=1S/C13H12F3N3O2S/c1-8(12(21)17-7-13(14,15)16)19-11(20)5-4-9(18-19)10-3-2-6-22-10/h2-6,8H,7H2,1H3,(H,17,21). The summed E-state index contributed by atoms with van der Waals surface area (Å²) < 4.78 is 37.2. The minimum absolute atomic E-state index is 0.477. The quantitative estimate of drug-likeness (QED) is 0.934. The molecule has 2 rings (SSSR count). The number of thiophene rings is 1. The maximum atomic E-state index is 12.1. The first-order valence-electron chi connectivity index (χ1n) is 6.26. The Balaban J connectivity index is 2.22. The molecule has 22 heavy (non-hydrogen) atoms. The number of amides is 1. The van der Waals surface area contributed by atoms with E-state index in [9.17, 15) is 22.8 Å². The average Bonchev–Trinajstić information content (AvgIpc) is 2.98. The van der Waals surface area contributed by atoms with Gasteiger partial charge in [-0.25, -0.2) is 4.68 Å². The third-order valence-corrected chi connectivity index (χ3v) is 3.70. The molecule has 0 aliphatic carbocycles. The first kappa shape index (κ1) is 16.2. The molecular weight excluding hydrogens is 319 g/mol. The van der Waals surface area contributed by atoms with Crippen LogP contribution in [0.1, 0.15) is 13.0 Å². The van der Waals surface area contributed by atoms with Crippen molar-refractivity contribution >= 4 is 17.2 Å². The minimum atomic E-state index is -4.51. The topological polar surface area (TPSA) is 64.0 Å². The molecule has 1 atom stereocenters. The van der Waals surface area contributed by atoms with Crippen molar-refractivity contribution in [3.63, 3.8) is 0 Å². The molecule has 0 fully saturated rings. The zero-order chi connectivity index (χ0) is 16.3. The Labute approximate surface area is 127 Å². The van der Waals surface area contributed by atoms with Crippen LogP contribution in [0, 0.1) is 0 Å². The molecule has 1 unspecified atom stereocenters. The Morgan fingerprint density at radius 3 is 2.73 bits per heavy atom. The van der Waals surface area contributed by atoms with Crippen molar-refractivity contribution in [2.24, 2.45) is 0 Å². The summed E-state index contributed by atoms with van der Waals surface area (Å²) >= 11 is 1.40. The lowest BCUT2D eigenvalue weighted by molar-refractivity contribution is -0.140. The van der Waals surface area contributed by atoms with Gasteiger partial charge in [0.25, 0.3) is 5.56 Å². The molecule has 118 valence electrons. The number of hydrogen-bond acceptors (Lipinski definition) is 4. The summed E-state index contributed by atoms with van der Waals surface area (Å²) in [5.41, 5.74) is -0.0833. The summed E-state index contributed by atoms with van der Waals surface area (Å²) in [7, 11) is 0. The molecule has 1 amide bonds. The summed E-state index contributed by atoms with van der Waals surface area (Å²) in [6, 6.07) is 5.18. The number of hydrogen-bond donors (Lipinski definition) is 1. The van der Waals surface area contributed by atoms with E-state index in [-0.39, 0.29) is 0 Å². The largest absolute Gasteiger partial charge is 0.405 e. The van der Waals surface area contributed by atoms with Gasteiger partial charge in [0, 0.05) is 6.07 Å². The number of halogens is 3. The maximum Gasteiger partial charge on any atom is 0.405 e. The van der Waals surface area contributed by atoms with Gasteiger partial charge in [-0.2, -0.15) is 18.3 Å².